The Labute approximate surface area is 133 Å². The summed E-state index contributed by atoms with van der Waals surface area (Å²) >= 11 is 0. The van der Waals surface area contributed by atoms with Gasteiger partial charge in [-0.2, -0.15) is 0 Å². The van der Waals surface area contributed by atoms with Gasteiger partial charge in [0.2, 0.25) is 0 Å². The molecule has 4 atom stereocenters. The summed E-state index contributed by atoms with van der Waals surface area (Å²) in [5.41, 5.74) is 0. The Morgan fingerprint density at radius 3 is 2.32 bits per heavy atom. The van der Waals surface area contributed by atoms with Crippen LogP contribution in [0.1, 0.15) is 40.5 Å². The fourth-order valence-corrected chi connectivity index (χ4v) is 1.91. The molecule has 0 aromatic rings. The molecule has 1 aliphatic rings. The Morgan fingerprint density at radius 2 is 2.00 bits per heavy atom. The molecule has 3 nitrogen and oxygen atoms in total. The van der Waals surface area contributed by atoms with Crippen molar-refractivity contribution in [2.45, 2.75) is 46.7 Å². The number of rotatable bonds is 5. The minimum atomic E-state index is -1.12. The minimum Gasteiger partial charge on any atom is -0.481 e. The lowest BCUT2D eigenvalue weighted by Gasteiger charge is -2.24. The van der Waals surface area contributed by atoms with Crippen molar-refractivity contribution in [1.29, 1.82) is 0 Å². The Morgan fingerprint density at radius 1 is 1.45 bits per heavy atom. The molecule has 1 heterocycles. The van der Waals surface area contributed by atoms with E-state index in [2.05, 4.69) is 25.4 Å². The maximum atomic E-state index is 12.4. The van der Waals surface area contributed by atoms with Gasteiger partial charge in [-0.05, 0) is 25.3 Å². The molecule has 1 saturated heterocycles. The minimum absolute atomic E-state index is 0.138. The van der Waals surface area contributed by atoms with Gasteiger partial charge < -0.3 is 10.4 Å². The van der Waals surface area contributed by atoms with Gasteiger partial charge in [0.1, 0.15) is 6.17 Å². The van der Waals surface area contributed by atoms with E-state index in [9.17, 15) is 13.6 Å². The molecule has 130 valence electrons. The van der Waals surface area contributed by atoms with Crippen molar-refractivity contribution in [1.82, 2.24) is 5.32 Å². The second kappa shape index (κ2) is 13.4. The molecule has 0 aromatic carbocycles. The van der Waals surface area contributed by atoms with Gasteiger partial charge in [-0.15, -0.1) is 6.58 Å². The first kappa shape index (κ1) is 23.0. The van der Waals surface area contributed by atoms with Crippen LogP contribution in [0.5, 0.6) is 0 Å². The van der Waals surface area contributed by atoms with E-state index in [1.165, 1.54) is 6.08 Å². The summed E-state index contributed by atoms with van der Waals surface area (Å²) in [4.78, 5) is 10.5. The first-order valence-corrected chi connectivity index (χ1v) is 7.82. The quantitative estimate of drug-likeness (QED) is 0.740. The van der Waals surface area contributed by atoms with Crippen LogP contribution in [0.2, 0.25) is 0 Å². The molecular formula is C17H31F2NO2. The Kier molecular flexibility index (Phi) is 14.1. The first-order chi connectivity index (χ1) is 10.3. The number of alkyl halides is 1. The van der Waals surface area contributed by atoms with E-state index >= 15 is 0 Å². The van der Waals surface area contributed by atoms with Crippen molar-refractivity contribution < 1.29 is 18.7 Å². The highest BCUT2D eigenvalue weighted by atomic mass is 19.1. The fourth-order valence-electron chi connectivity index (χ4n) is 1.91. The van der Waals surface area contributed by atoms with Crippen LogP contribution in [0.4, 0.5) is 8.78 Å². The smallest absolute Gasteiger partial charge is 0.307 e. The van der Waals surface area contributed by atoms with Crippen molar-refractivity contribution in [3.63, 3.8) is 0 Å². The molecule has 2 N–H and O–H groups in total. The summed E-state index contributed by atoms with van der Waals surface area (Å²) in [5.74, 6) is -1.20. The molecule has 0 aliphatic carbocycles. The Bertz CT molecular complexity index is 335. The van der Waals surface area contributed by atoms with Crippen molar-refractivity contribution in [2.24, 2.45) is 17.8 Å². The summed E-state index contributed by atoms with van der Waals surface area (Å²) in [6.07, 6.45) is 1.00. The second-order valence-electron chi connectivity index (χ2n) is 5.37. The number of carboxylic acids is 1. The van der Waals surface area contributed by atoms with Gasteiger partial charge in [0.25, 0.3) is 0 Å². The van der Waals surface area contributed by atoms with Gasteiger partial charge in [0, 0.05) is 12.5 Å². The van der Waals surface area contributed by atoms with Gasteiger partial charge in [-0.3, -0.25) is 4.79 Å². The monoisotopic (exact) mass is 319 g/mol. The molecule has 0 bridgehead atoms. The summed E-state index contributed by atoms with van der Waals surface area (Å²) in [5, 5.41) is 11.7. The zero-order valence-electron chi connectivity index (χ0n) is 14.2. The van der Waals surface area contributed by atoms with Crippen molar-refractivity contribution in [3.05, 3.63) is 25.1 Å². The predicted octanol–water partition coefficient (Wildman–Crippen LogP) is 4.36. The summed E-state index contributed by atoms with van der Waals surface area (Å²) in [7, 11) is 0. The zero-order valence-corrected chi connectivity index (χ0v) is 14.2. The number of carbonyl (C=O) groups is 1. The lowest BCUT2D eigenvalue weighted by atomic mass is 9.92. The maximum absolute atomic E-state index is 12.4. The van der Waals surface area contributed by atoms with Crippen LogP contribution in [0.15, 0.2) is 25.1 Å². The number of hydrogen-bond donors (Lipinski definition) is 2. The molecule has 22 heavy (non-hydrogen) atoms. The van der Waals surface area contributed by atoms with Gasteiger partial charge in [0.15, 0.2) is 0 Å². The molecule has 0 radical (unpaired) electrons. The molecule has 1 rings (SSSR count). The van der Waals surface area contributed by atoms with Gasteiger partial charge in [-0.25, -0.2) is 8.78 Å². The van der Waals surface area contributed by atoms with Crippen molar-refractivity contribution >= 4 is 5.97 Å². The van der Waals surface area contributed by atoms with E-state index in [1.807, 2.05) is 13.8 Å². The molecule has 0 saturated carbocycles. The van der Waals surface area contributed by atoms with Crippen LogP contribution in [0, 0.1) is 17.8 Å². The van der Waals surface area contributed by atoms with E-state index in [0.717, 1.165) is 13.0 Å². The third-order valence-electron chi connectivity index (χ3n) is 3.29. The highest BCUT2D eigenvalue weighted by molar-refractivity contribution is 5.70. The van der Waals surface area contributed by atoms with E-state index in [1.54, 1.807) is 6.92 Å². The predicted molar refractivity (Wildman–Crippen MR) is 88.2 cm³/mol. The SMILES string of the molecule is C=CC(F)CC(C)C(=C)F.CC.CC1CNCC(C(=O)O)C1. The number of nitrogens with one attached hydrogen (secondary N) is 1. The van der Waals surface area contributed by atoms with Crippen molar-refractivity contribution in [3.8, 4) is 0 Å². The van der Waals surface area contributed by atoms with Crippen LogP contribution < -0.4 is 5.32 Å². The van der Waals surface area contributed by atoms with Gasteiger partial charge in [-0.1, -0.05) is 40.3 Å². The molecule has 0 spiro atoms. The van der Waals surface area contributed by atoms with Gasteiger partial charge in [0.05, 0.1) is 11.7 Å². The third kappa shape index (κ3) is 11.4. The first-order valence-electron chi connectivity index (χ1n) is 7.82. The maximum Gasteiger partial charge on any atom is 0.307 e. The standard InChI is InChI=1S/C8H12F2.C7H13NO2.C2H6/c1-4-8(10)5-6(2)7(3)9;1-5-2-6(7(9)10)4-8-3-5;1-2/h4,6,8H,1,3,5H2,2H3;5-6,8H,2-4H2,1H3,(H,9,10);1-2H3. The number of allylic oxidation sites excluding steroid dienone is 2. The van der Waals surface area contributed by atoms with E-state index in [4.69, 9.17) is 5.11 Å². The zero-order chi connectivity index (χ0) is 17.7. The normalized spacial score (nSPS) is 22.8. The number of carboxylic acid groups (broad SMARTS) is 1. The average molecular weight is 319 g/mol. The van der Waals surface area contributed by atoms with E-state index in [0.29, 0.717) is 12.5 Å². The average Bonchev–Trinajstić information content (AvgIpc) is 2.49. The lowest BCUT2D eigenvalue weighted by molar-refractivity contribution is -0.142. The molecule has 4 unspecified atom stereocenters. The molecule has 5 heteroatoms. The molecule has 0 aromatic heterocycles. The van der Waals surface area contributed by atoms with Crippen LogP contribution >= 0.6 is 0 Å². The number of halogens is 2. The highest BCUT2D eigenvalue weighted by Gasteiger charge is 2.23. The molecule has 0 amide bonds. The van der Waals surface area contributed by atoms with Crippen molar-refractivity contribution in [2.75, 3.05) is 13.1 Å². The highest BCUT2D eigenvalue weighted by Crippen LogP contribution is 2.17. The fraction of sp³-hybridized carbons (Fsp3) is 0.706. The molecule has 1 aliphatic heterocycles. The number of aliphatic carboxylic acids is 1. The second-order valence-corrected chi connectivity index (χ2v) is 5.37. The largest absolute Gasteiger partial charge is 0.481 e. The Balaban J connectivity index is 0. The lowest BCUT2D eigenvalue weighted by Crippen LogP contribution is -2.38. The van der Waals surface area contributed by atoms with Crippen LogP contribution in [-0.4, -0.2) is 30.3 Å². The van der Waals surface area contributed by atoms with Gasteiger partial charge >= 0.3 is 5.97 Å². The van der Waals surface area contributed by atoms with Crippen LogP contribution in [-0.2, 0) is 4.79 Å². The Hall–Kier alpha value is -1.23. The summed E-state index contributed by atoms with van der Waals surface area (Å²) < 4.78 is 24.6. The van der Waals surface area contributed by atoms with E-state index in [-0.39, 0.29) is 12.3 Å². The topological polar surface area (TPSA) is 49.3 Å². The molecular weight excluding hydrogens is 288 g/mol. The third-order valence-corrected chi connectivity index (χ3v) is 3.29. The molecule has 1 fully saturated rings. The number of hydrogen-bond acceptors (Lipinski definition) is 2. The van der Waals surface area contributed by atoms with Crippen LogP contribution in [0.3, 0.4) is 0 Å². The van der Waals surface area contributed by atoms with Crippen LogP contribution in [0.25, 0.3) is 0 Å². The van der Waals surface area contributed by atoms with E-state index < -0.39 is 23.9 Å². The number of piperidine rings is 1. The summed E-state index contributed by atoms with van der Waals surface area (Å²) in [6.45, 7) is 15.6. The summed E-state index contributed by atoms with van der Waals surface area (Å²) in [6, 6.07) is 0.